The van der Waals surface area contributed by atoms with Crippen molar-refractivity contribution in [3.05, 3.63) is 0 Å². The van der Waals surface area contributed by atoms with E-state index in [4.69, 9.17) is 36.1 Å². The van der Waals surface area contributed by atoms with Crippen LogP contribution in [0.1, 0.15) is 20.3 Å². The topological polar surface area (TPSA) is 248 Å². The zero-order chi connectivity index (χ0) is 25.5. The Morgan fingerprint density at radius 3 is 2.03 bits per heavy atom. The number of hydrogen-bond acceptors (Lipinski definition) is 14. The van der Waals surface area contributed by atoms with Gasteiger partial charge >= 0.3 is 0 Å². The Hall–Kier alpha value is -0.560. The lowest BCUT2D eigenvalue weighted by Crippen LogP contribution is -2.69. The Morgan fingerprint density at radius 2 is 1.50 bits per heavy atom. The van der Waals surface area contributed by atoms with E-state index in [1.54, 1.807) is 7.05 Å². The van der Waals surface area contributed by atoms with Gasteiger partial charge in [-0.05, 0) is 27.3 Å². The number of ether oxygens (including phenoxy) is 4. The van der Waals surface area contributed by atoms with E-state index in [9.17, 15) is 30.6 Å². The van der Waals surface area contributed by atoms with Crippen molar-refractivity contribution in [3.8, 4) is 0 Å². The molecule has 3 aliphatic rings. The van der Waals surface area contributed by atoms with Gasteiger partial charge in [0.15, 0.2) is 12.6 Å². The molecule has 2 unspecified atom stereocenters. The summed E-state index contributed by atoms with van der Waals surface area (Å²) in [5.41, 5.74) is 17.0. The summed E-state index contributed by atoms with van der Waals surface area (Å²) in [6.07, 6.45) is -12.4. The molecule has 0 spiro atoms. The highest BCUT2D eigenvalue weighted by molar-refractivity contribution is 5.02. The van der Waals surface area contributed by atoms with Crippen LogP contribution < -0.4 is 22.5 Å². The van der Waals surface area contributed by atoms with Gasteiger partial charge in [0.25, 0.3) is 0 Å². The highest BCUT2D eigenvalue weighted by atomic mass is 16.7. The quantitative estimate of drug-likeness (QED) is 0.165. The molecule has 2 heterocycles. The smallest absolute Gasteiger partial charge is 0.185 e. The van der Waals surface area contributed by atoms with Crippen molar-refractivity contribution in [2.45, 2.75) is 111 Å². The molecule has 0 bridgehead atoms. The summed E-state index contributed by atoms with van der Waals surface area (Å²) < 4.78 is 22.8. The van der Waals surface area contributed by atoms with E-state index in [2.05, 4.69) is 5.32 Å². The lowest BCUT2D eigenvalue weighted by atomic mass is 9.84. The molecule has 3 rings (SSSR count). The Bertz CT molecular complexity index is 675. The second-order valence-corrected chi connectivity index (χ2v) is 9.82. The van der Waals surface area contributed by atoms with Crippen molar-refractivity contribution < 1.29 is 49.6 Å². The van der Waals surface area contributed by atoms with Gasteiger partial charge in [0.2, 0.25) is 0 Å². The van der Waals surface area contributed by atoms with E-state index >= 15 is 0 Å². The van der Waals surface area contributed by atoms with E-state index < -0.39 is 91.2 Å². The number of aliphatic hydroxyl groups is 6. The first kappa shape index (κ1) is 28.0. The van der Waals surface area contributed by atoms with Crippen LogP contribution >= 0.6 is 0 Å². The summed E-state index contributed by atoms with van der Waals surface area (Å²) in [6.45, 7) is 2.75. The van der Waals surface area contributed by atoms with Crippen molar-refractivity contribution in [2.24, 2.45) is 17.2 Å². The molecule has 0 aromatic carbocycles. The maximum atomic E-state index is 11.1. The summed E-state index contributed by atoms with van der Waals surface area (Å²) in [4.78, 5) is 0. The molecule has 2 aliphatic heterocycles. The van der Waals surface area contributed by atoms with E-state index in [0.29, 0.717) is 0 Å². The third-order valence-corrected chi connectivity index (χ3v) is 6.95. The van der Waals surface area contributed by atoms with Crippen LogP contribution in [0.15, 0.2) is 0 Å². The summed E-state index contributed by atoms with van der Waals surface area (Å²) in [5, 5.41) is 65.2. The van der Waals surface area contributed by atoms with Gasteiger partial charge in [0.1, 0.15) is 48.3 Å². The Morgan fingerprint density at radius 1 is 0.941 bits per heavy atom. The van der Waals surface area contributed by atoms with Gasteiger partial charge in [-0.15, -0.1) is 0 Å². The second-order valence-electron chi connectivity index (χ2n) is 9.82. The average Bonchev–Trinajstić information content (AvgIpc) is 2.75. The number of likely N-dealkylation sites (N-methyl/N-ethyl adjacent to an activating group) is 1. The van der Waals surface area contributed by atoms with Crippen LogP contribution in [0.2, 0.25) is 0 Å². The fraction of sp³-hybridized carbons (Fsp3) is 1.00. The van der Waals surface area contributed by atoms with Crippen LogP contribution in [0.3, 0.4) is 0 Å². The molecule has 0 radical (unpaired) electrons. The largest absolute Gasteiger partial charge is 0.391 e. The summed E-state index contributed by atoms with van der Waals surface area (Å²) in [6, 6.07) is -3.47. The monoisotopic (exact) mass is 496 g/mol. The molecule has 1 saturated carbocycles. The highest BCUT2D eigenvalue weighted by Gasteiger charge is 2.52. The Labute approximate surface area is 197 Å². The van der Waals surface area contributed by atoms with Gasteiger partial charge in [-0.1, -0.05) is 0 Å². The number of nitrogens with one attached hydrogen (secondary N) is 1. The van der Waals surface area contributed by atoms with Crippen LogP contribution in [-0.2, 0) is 18.9 Å². The van der Waals surface area contributed by atoms with Crippen molar-refractivity contribution in [1.29, 1.82) is 0 Å². The predicted octanol–water partition coefficient (Wildman–Crippen LogP) is -5.61. The fourth-order valence-electron chi connectivity index (χ4n) is 4.95. The SMILES string of the molecule is CN[C@@H]1[C@@H](O)[C@@H](OC2[C@H](N)C[C@H](N)[C@@H](O[C@H]3O[C@H](C(C)O)[C@@H](O)[C@H](O)[C@H]3N)[C@@H]2O)OC[C@]1(C)O. The molecular weight excluding hydrogens is 456 g/mol. The van der Waals surface area contributed by atoms with Crippen LogP contribution in [0.25, 0.3) is 0 Å². The first-order chi connectivity index (χ1) is 15.8. The molecule has 0 aromatic rings. The maximum absolute atomic E-state index is 11.1. The van der Waals surface area contributed by atoms with Gasteiger partial charge in [0.05, 0.1) is 24.8 Å². The van der Waals surface area contributed by atoms with E-state index in [-0.39, 0.29) is 13.0 Å². The normalized spacial score (nSPS) is 53.5. The van der Waals surface area contributed by atoms with E-state index in [1.165, 1.54) is 13.8 Å². The third-order valence-electron chi connectivity index (χ3n) is 6.95. The van der Waals surface area contributed by atoms with E-state index in [0.717, 1.165) is 0 Å². The van der Waals surface area contributed by atoms with Gasteiger partial charge < -0.3 is 72.1 Å². The first-order valence-electron chi connectivity index (χ1n) is 11.4. The van der Waals surface area contributed by atoms with Crippen LogP contribution in [0.5, 0.6) is 0 Å². The predicted molar refractivity (Wildman–Crippen MR) is 116 cm³/mol. The minimum Gasteiger partial charge on any atom is -0.391 e. The number of aliphatic hydroxyl groups excluding tert-OH is 5. The van der Waals surface area contributed by atoms with E-state index in [1.807, 2.05) is 0 Å². The molecule has 13 N–H and O–H groups in total. The molecule has 14 nitrogen and oxygen atoms in total. The van der Waals surface area contributed by atoms with Crippen molar-refractivity contribution in [2.75, 3.05) is 13.7 Å². The second kappa shape index (κ2) is 10.8. The van der Waals surface area contributed by atoms with Crippen LogP contribution in [0.4, 0.5) is 0 Å². The summed E-state index contributed by atoms with van der Waals surface area (Å²) in [7, 11) is 1.58. The molecule has 200 valence electrons. The van der Waals surface area contributed by atoms with Crippen LogP contribution in [0, 0.1) is 0 Å². The molecular formula is C20H40N4O10. The van der Waals surface area contributed by atoms with Crippen molar-refractivity contribution in [3.63, 3.8) is 0 Å². The summed E-state index contributed by atoms with van der Waals surface area (Å²) >= 11 is 0. The molecule has 2 saturated heterocycles. The lowest BCUT2D eigenvalue weighted by Gasteiger charge is -2.49. The maximum Gasteiger partial charge on any atom is 0.185 e. The van der Waals surface area contributed by atoms with Crippen LogP contribution in [-0.4, -0.2) is 135 Å². The first-order valence-corrected chi connectivity index (χ1v) is 11.4. The minimum absolute atomic E-state index is 0.135. The van der Waals surface area contributed by atoms with Gasteiger partial charge in [0, 0.05) is 12.1 Å². The minimum atomic E-state index is -1.46. The highest BCUT2D eigenvalue weighted by Crippen LogP contribution is 2.32. The molecule has 0 amide bonds. The molecule has 1 aliphatic carbocycles. The summed E-state index contributed by atoms with van der Waals surface area (Å²) in [5.74, 6) is 0. The zero-order valence-corrected chi connectivity index (χ0v) is 19.5. The number of hydrogen-bond donors (Lipinski definition) is 10. The average molecular weight is 497 g/mol. The molecule has 14 heteroatoms. The Kier molecular flexibility index (Phi) is 8.92. The van der Waals surface area contributed by atoms with Gasteiger partial charge in [-0.2, -0.15) is 0 Å². The van der Waals surface area contributed by atoms with Crippen molar-refractivity contribution >= 4 is 0 Å². The molecule has 15 atom stereocenters. The number of nitrogens with two attached hydrogens (primary N) is 3. The van der Waals surface area contributed by atoms with Gasteiger partial charge in [-0.3, -0.25) is 0 Å². The van der Waals surface area contributed by atoms with Gasteiger partial charge in [-0.25, -0.2) is 0 Å². The standard InChI is InChI=1S/C20H40N4O10/c1-6(25)14-11(27)10(26)9(23)18(32-14)33-15-7(21)4-8(22)16(12(15)28)34-19-13(29)17(24-3)20(2,30)5-31-19/h6-19,24-30H,4-5,21-23H2,1-3H3/t6?,7-,8+,9+,10+,11-,12-,13+,14+,15+,16?,17+,18+,19+,20-/m0/s1. The number of rotatable bonds is 6. The molecule has 34 heavy (non-hydrogen) atoms. The Balaban J connectivity index is 1.73. The zero-order valence-electron chi connectivity index (χ0n) is 19.5. The molecule has 0 aromatic heterocycles. The van der Waals surface area contributed by atoms with Crippen molar-refractivity contribution in [1.82, 2.24) is 5.32 Å². The lowest BCUT2D eigenvalue weighted by molar-refractivity contribution is -0.319. The molecule has 3 fully saturated rings. The fourth-order valence-corrected chi connectivity index (χ4v) is 4.95. The third kappa shape index (κ3) is 5.40.